The molecular weight excluding hydrogens is 537 g/mol. The van der Waals surface area contributed by atoms with E-state index in [1.807, 2.05) is 0 Å². The van der Waals surface area contributed by atoms with Crippen molar-refractivity contribution in [3.05, 3.63) is 63.5 Å². The Hall–Kier alpha value is -3.49. The fourth-order valence-corrected chi connectivity index (χ4v) is 6.36. The zero-order chi connectivity index (χ0) is 28.2. The zero-order valence-electron chi connectivity index (χ0n) is 20.8. The lowest BCUT2D eigenvalue weighted by molar-refractivity contribution is -0.147. The first-order valence-electron chi connectivity index (χ1n) is 12.0. The molecule has 0 radical (unpaired) electrons. The average molecular weight is 565 g/mol. The molecule has 4 N–H and O–H groups in total. The van der Waals surface area contributed by atoms with Gasteiger partial charge in [0, 0.05) is 17.7 Å². The third-order valence-electron chi connectivity index (χ3n) is 6.24. The summed E-state index contributed by atoms with van der Waals surface area (Å²) in [5, 5.41) is 25.1. The number of nitrogens with two attached hydrogens (primary N) is 1. The Balaban J connectivity index is 1.67. The van der Waals surface area contributed by atoms with Crippen molar-refractivity contribution in [2.75, 3.05) is 25.5 Å². The molecule has 0 amide bonds. The van der Waals surface area contributed by atoms with Crippen LogP contribution in [-0.4, -0.2) is 74.1 Å². The molecule has 2 aromatic rings. The largest absolute Gasteiger partial charge is 0.465 e. The van der Waals surface area contributed by atoms with Crippen molar-refractivity contribution in [1.82, 2.24) is 14.2 Å². The number of rotatable bonds is 10. The predicted molar refractivity (Wildman–Crippen MR) is 134 cm³/mol. The number of nitrogen functional groups attached to an aromatic ring is 1. The van der Waals surface area contributed by atoms with Crippen molar-refractivity contribution in [3.8, 4) is 5.75 Å². The molecule has 3 heterocycles. The first-order valence-corrected chi connectivity index (χ1v) is 13.5. The molecule has 0 saturated carbocycles. The van der Waals surface area contributed by atoms with Gasteiger partial charge in [0.15, 0.2) is 6.23 Å². The molecule has 210 valence electrons. The van der Waals surface area contributed by atoms with E-state index >= 15 is 0 Å². The van der Waals surface area contributed by atoms with Crippen LogP contribution in [0.1, 0.15) is 26.0 Å². The number of carbonyl (C=O) groups is 1. The van der Waals surface area contributed by atoms with Crippen LogP contribution in [0.25, 0.3) is 10.4 Å². The number of aliphatic hydroxyl groups is 2. The number of benzene rings is 1. The Bertz CT molecular complexity index is 1340. The number of hydrogen-bond donors (Lipinski definition) is 3. The molecule has 4 rings (SSSR count). The van der Waals surface area contributed by atoms with Gasteiger partial charge in [-0.25, -0.2) is 9.36 Å². The fraction of sp³-hybridized carbons (Fsp3) is 0.500. The molecule has 2 aliphatic heterocycles. The van der Waals surface area contributed by atoms with Crippen LogP contribution in [-0.2, 0) is 23.4 Å². The van der Waals surface area contributed by atoms with Gasteiger partial charge in [-0.15, -0.1) is 0 Å². The summed E-state index contributed by atoms with van der Waals surface area (Å²) >= 11 is 0. The minimum atomic E-state index is -4.42. The Kier molecular flexibility index (Phi) is 8.57. The van der Waals surface area contributed by atoms with Crippen molar-refractivity contribution < 1.29 is 38.1 Å². The van der Waals surface area contributed by atoms with Crippen LogP contribution in [0.2, 0.25) is 0 Å². The molecule has 17 heteroatoms. The van der Waals surface area contributed by atoms with Crippen molar-refractivity contribution in [2.24, 2.45) is 5.11 Å². The zero-order valence-corrected chi connectivity index (χ0v) is 21.7. The number of carbonyl (C=O) groups excluding carboxylic acids is 1. The first kappa shape index (κ1) is 28.5. The molecule has 2 saturated heterocycles. The van der Waals surface area contributed by atoms with Gasteiger partial charge in [-0.2, -0.15) is 9.65 Å². The second kappa shape index (κ2) is 11.7. The Morgan fingerprint density at radius 2 is 2.10 bits per heavy atom. The molecule has 0 aliphatic carbocycles. The van der Waals surface area contributed by atoms with Crippen LogP contribution < -0.4 is 15.9 Å². The topological polar surface area (TPSA) is 224 Å². The van der Waals surface area contributed by atoms with Gasteiger partial charge >= 0.3 is 19.4 Å². The average Bonchev–Trinajstić information content (AvgIpc) is 3.50. The van der Waals surface area contributed by atoms with Gasteiger partial charge in [-0.1, -0.05) is 23.3 Å². The molecule has 16 nitrogen and oxygen atoms in total. The van der Waals surface area contributed by atoms with Gasteiger partial charge in [0.05, 0.1) is 13.2 Å². The number of esters is 1. The van der Waals surface area contributed by atoms with E-state index in [0.29, 0.717) is 12.8 Å². The number of para-hydroxylation sites is 1. The molecule has 39 heavy (non-hydrogen) atoms. The summed E-state index contributed by atoms with van der Waals surface area (Å²) in [7, 11) is -4.42. The predicted octanol–water partition coefficient (Wildman–Crippen LogP) is 1.31. The molecule has 1 aromatic carbocycles. The quantitative estimate of drug-likeness (QED) is 0.122. The van der Waals surface area contributed by atoms with Crippen LogP contribution in [0.4, 0.5) is 5.82 Å². The lowest BCUT2D eigenvalue weighted by atomic mass is 10.1. The Morgan fingerprint density at radius 3 is 2.77 bits per heavy atom. The summed E-state index contributed by atoms with van der Waals surface area (Å²) in [4.78, 5) is 31.2. The maximum absolute atomic E-state index is 14.3. The van der Waals surface area contributed by atoms with Crippen molar-refractivity contribution in [2.45, 2.75) is 50.0 Å². The number of aromatic nitrogens is 2. The maximum Gasteiger partial charge on any atom is 0.462 e. The Morgan fingerprint density at radius 1 is 1.36 bits per heavy atom. The lowest BCUT2D eigenvalue weighted by Crippen LogP contribution is -2.46. The van der Waals surface area contributed by atoms with Gasteiger partial charge in [0.1, 0.15) is 29.8 Å². The number of hydrogen-bond acceptors (Lipinski definition) is 12. The second-order valence-electron chi connectivity index (χ2n) is 8.74. The molecule has 2 aliphatic rings. The third-order valence-corrected chi connectivity index (χ3v) is 8.24. The van der Waals surface area contributed by atoms with Crippen molar-refractivity contribution in [1.29, 1.82) is 0 Å². The van der Waals surface area contributed by atoms with E-state index < -0.39 is 56.2 Å². The third kappa shape index (κ3) is 5.77. The number of azide groups is 1. The van der Waals surface area contributed by atoms with Gasteiger partial charge in [0.25, 0.3) is 0 Å². The first-order chi connectivity index (χ1) is 18.6. The minimum Gasteiger partial charge on any atom is -0.465 e. The molecule has 2 fully saturated rings. The highest BCUT2D eigenvalue weighted by molar-refractivity contribution is 7.51. The molecule has 1 aromatic heterocycles. The van der Waals surface area contributed by atoms with Gasteiger partial charge in [0.2, 0.25) is 5.72 Å². The summed E-state index contributed by atoms with van der Waals surface area (Å²) in [5.41, 5.74) is 11.5. The maximum atomic E-state index is 14.3. The van der Waals surface area contributed by atoms with Crippen LogP contribution in [0.15, 0.2) is 52.5 Å². The standard InChI is InChI=1S/C22H28N7O9P/c1-2-35-20(32)15-9-6-11-29(15)39(34,38-14-7-4-3-5-8-14)36-13-22(26-27-24)18(31)17(30)19(37-22)28-12-10-16(23)25-21(28)33/h3-5,7-8,10,12,15,17-19,30-31H,2,6,9,11,13H2,1H3,(H2,23,25,33)/t15-,17+,18-,19+,22+,39?/m0/s1. The normalized spacial score (nSPS) is 28.4. The highest BCUT2D eigenvalue weighted by Crippen LogP contribution is 2.56. The summed E-state index contributed by atoms with van der Waals surface area (Å²) in [5.74, 6) is -0.559. The monoisotopic (exact) mass is 565 g/mol. The minimum absolute atomic E-state index is 0.0882. The van der Waals surface area contributed by atoms with Gasteiger partial charge in [-0.05, 0) is 43.5 Å². The second-order valence-corrected chi connectivity index (χ2v) is 10.6. The fourth-order valence-electron chi connectivity index (χ4n) is 4.38. The van der Waals surface area contributed by atoms with E-state index in [2.05, 4.69) is 15.0 Å². The number of aliphatic hydroxyl groups excluding tert-OH is 2. The van der Waals surface area contributed by atoms with Gasteiger partial charge < -0.3 is 29.9 Å². The summed E-state index contributed by atoms with van der Waals surface area (Å²) in [6, 6.07) is 8.34. The smallest absolute Gasteiger partial charge is 0.462 e. The summed E-state index contributed by atoms with van der Waals surface area (Å²) in [6.45, 7) is 0.995. The van der Waals surface area contributed by atoms with Crippen LogP contribution in [0, 0.1) is 0 Å². The summed E-state index contributed by atoms with van der Waals surface area (Å²) < 4.78 is 38.7. The molecule has 6 atom stereocenters. The molecule has 0 bridgehead atoms. The van der Waals surface area contributed by atoms with Crippen LogP contribution in [0.5, 0.6) is 5.75 Å². The number of ether oxygens (including phenoxy) is 2. The van der Waals surface area contributed by atoms with Crippen molar-refractivity contribution >= 4 is 19.5 Å². The highest BCUT2D eigenvalue weighted by atomic mass is 31.2. The van der Waals surface area contributed by atoms with Crippen LogP contribution in [0.3, 0.4) is 0 Å². The molecule has 1 unspecified atom stereocenters. The van der Waals surface area contributed by atoms with Crippen LogP contribution >= 0.6 is 7.75 Å². The molecular formula is C22H28N7O9P. The lowest BCUT2D eigenvalue weighted by Gasteiger charge is -2.33. The van der Waals surface area contributed by atoms with E-state index in [1.54, 1.807) is 25.1 Å². The van der Waals surface area contributed by atoms with Crippen molar-refractivity contribution in [3.63, 3.8) is 0 Å². The van der Waals surface area contributed by atoms with E-state index in [9.17, 15) is 29.9 Å². The summed E-state index contributed by atoms with van der Waals surface area (Å²) in [6.07, 6.45) is -3.33. The van der Waals surface area contributed by atoms with E-state index in [4.69, 9.17) is 24.3 Å². The van der Waals surface area contributed by atoms with E-state index in [1.165, 1.54) is 29.1 Å². The number of anilines is 1. The van der Waals surface area contributed by atoms with E-state index in [-0.39, 0.29) is 24.7 Å². The number of nitrogens with zero attached hydrogens (tertiary/aromatic N) is 6. The highest BCUT2D eigenvalue weighted by Gasteiger charge is 2.57. The Labute approximate surface area is 222 Å². The SMILES string of the molecule is CCOC(=O)[C@@H]1CCCN1P(=O)(OC[C@@]1(N=[N+]=[N-])O[C@@H](n2ccc(N)nc2=O)[C@H](O)[C@@H]1O)Oc1ccccc1. The van der Waals surface area contributed by atoms with Gasteiger partial charge in [-0.3, -0.25) is 13.9 Å². The molecule has 0 spiro atoms. The van der Waals surface area contributed by atoms with E-state index in [0.717, 1.165) is 4.57 Å².